The van der Waals surface area contributed by atoms with Crippen LogP contribution in [0, 0.1) is 17.8 Å². The maximum atomic E-state index is 13.1. The van der Waals surface area contributed by atoms with Crippen LogP contribution < -0.4 is 27.0 Å². The normalized spacial score (nSPS) is 14.7. The number of hydrogen-bond acceptors (Lipinski definition) is 7. The number of carbonyl (C=O) groups excluding carboxylic acids is 4. The zero-order valence-corrected chi connectivity index (χ0v) is 22.7. The van der Waals surface area contributed by atoms with Gasteiger partial charge in [-0.15, -0.1) is 0 Å². The molecule has 0 saturated carbocycles. The molecule has 0 aliphatic rings. The van der Waals surface area contributed by atoms with Gasteiger partial charge in [-0.25, -0.2) is 0 Å². The van der Waals surface area contributed by atoms with Gasteiger partial charge < -0.3 is 32.1 Å². The van der Waals surface area contributed by atoms with Crippen molar-refractivity contribution >= 4 is 41.4 Å². The van der Waals surface area contributed by atoms with Gasteiger partial charge in [-0.3, -0.25) is 24.0 Å². The number of carbonyl (C=O) groups is 5. The van der Waals surface area contributed by atoms with Crippen LogP contribution in [0.4, 0.5) is 0 Å². The van der Waals surface area contributed by atoms with Crippen LogP contribution in [-0.4, -0.2) is 77.4 Å². The Morgan fingerprint density at radius 3 is 1.71 bits per heavy atom. The summed E-state index contributed by atoms with van der Waals surface area (Å²) in [6.07, 6.45) is 2.60. The summed E-state index contributed by atoms with van der Waals surface area (Å²) in [6, 6.07) is -3.59. The summed E-state index contributed by atoms with van der Waals surface area (Å²) in [7, 11) is 0. The molecule has 4 atom stereocenters. The quantitative estimate of drug-likeness (QED) is 0.166. The average molecular weight is 518 g/mol. The lowest BCUT2D eigenvalue weighted by Crippen LogP contribution is -2.60. The van der Waals surface area contributed by atoms with Crippen molar-refractivity contribution in [1.82, 2.24) is 21.3 Å². The van der Waals surface area contributed by atoms with Crippen LogP contribution in [0.5, 0.6) is 0 Å². The molecule has 7 N–H and O–H groups in total. The standard InChI is InChI=1S/C23H43N5O6S/c1-12(2)10-15(24)20(31)27-19(14(5)6)23(34)28-18(13(3)4)22(33)26-16(8-9-35-7)21(32)25-11-17(29)30/h12-16,18-19H,8-11,24H2,1-7H3,(H,25,32)(H,26,33)(H,27,31)(H,28,34)(H,29,30). The second-order valence-electron chi connectivity index (χ2n) is 9.65. The highest BCUT2D eigenvalue weighted by Crippen LogP contribution is 2.10. The van der Waals surface area contributed by atoms with E-state index >= 15 is 0 Å². The molecule has 4 amide bonds. The van der Waals surface area contributed by atoms with Crippen LogP contribution in [0.2, 0.25) is 0 Å². The molecule has 0 fully saturated rings. The minimum atomic E-state index is -1.20. The smallest absolute Gasteiger partial charge is 0.322 e. The Morgan fingerprint density at radius 1 is 0.800 bits per heavy atom. The van der Waals surface area contributed by atoms with Gasteiger partial charge in [-0.1, -0.05) is 41.5 Å². The maximum Gasteiger partial charge on any atom is 0.322 e. The topological polar surface area (TPSA) is 180 Å². The molecule has 0 aromatic heterocycles. The van der Waals surface area contributed by atoms with E-state index in [9.17, 15) is 24.0 Å². The summed E-state index contributed by atoms with van der Waals surface area (Å²) in [6.45, 7) is 10.4. The highest BCUT2D eigenvalue weighted by atomic mass is 32.2. The molecule has 0 bridgehead atoms. The van der Waals surface area contributed by atoms with E-state index in [2.05, 4.69) is 21.3 Å². The zero-order valence-electron chi connectivity index (χ0n) is 21.8. The van der Waals surface area contributed by atoms with Crippen LogP contribution in [0.25, 0.3) is 0 Å². The van der Waals surface area contributed by atoms with Crippen molar-refractivity contribution in [1.29, 1.82) is 0 Å². The summed E-state index contributed by atoms with van der Waals surface area (Å²) < 4.78 is 0. The summed E-state index contributed by atoms with van der Waals surface area (Å²) in [5.74, 6) is -3.18. The van der Waals surface area contributed by atoms with Gasteiger partial charge in [0.2, 0.25) is 23.6 Å². The third-order valence-corrected chi connectivity index (χ3v) is 5.86. The van der Waals surface area contributed by atoms with Gasteiger partial charge in [-0.05, 0) is 42.6 Å². The van der Waals surface area contributed by atoms with E-state index < -0.39 is 60.3 Å². The minimum absolute atomic E-state index is 0.211. The zero-order chi connectivity index (χ0) is 27.3. The fourth-order valence-corrected chi connectivity index (χ4v) is 3.71. The van der Waals surface area contributed by atoms with Crippen LogP contribution in [0.1, 0.15) is 54.4 Å². The van der Waals surface area contributed by atoms with Crippen molar-refractivity contribution in [2.75, 3.05) is 18.6 Å². The molecule has 12 heteroatoms. The highest BCUT2D eigenvalue weighted by molar-refractivity contribution is 7.98. The molecule has 0 aromatic carbocycles. The molecule has 0 aliphatic heterocycles. The van der Waals surface area contributed by atoms with Gasteiger partial charge in [0.15, 0.2) is 0 Å². The third kappa shape index (κ3) is 12.8. The number of aliphatic carboxylic acids is 1. The number of carboxylic acid groups (broad SMARTS) is 1. The molecule has 0 saturated heterocycles. The second-order valence-corrected chi connectivity index (χ2v) is 10.6. The van der Waals surface area contributed by atoms with Gasteiger partial charge in [0.25, 0.3) is 0 Å². The molecule has 35 heavy (non-hydrogen) atoms. The average Bonchev–Trinajstić information content (AvgIpc) is 2.75. The maximum absolute atomic E-state index is 13.1. The first-order valence-corrected chi connectivity index (χ1v) is 13.3. The Hall–Kier alpha value is -2.34. The highest BCUT2D eigenvalue weighted by Gasteiger charge is 2.33. The summed E-state index contributed by atoms with van der Waals surface area (Å²) in [4.78, 5) is 61.8. The van der Waals surface area contributed by atoms with Crippen molar-refractivity contribution in [2.45, 2.75) is 78.6 Å². The van der Waals surface area contributed by atoms with Crippen LogP contribution in [-0.2, 0) is 24.0 Å². The second kappa shape index (κ2) is 16.4. The molecule has 0 spiro atoms. The molecule has 0 heterocycles. The SMILES string of the molecule is CSCCC(NC(=O)C(NC(=O)C(NC(=O)C(N)CC(C)C)C(C)C)C(C)C)C(=O)NCC(=O)O. The van der Waals surface area contributed by atoms with E-state index in [1.54, 1.807) is 27.7 Å². The number of amides is 4. The summed E-state index contributed by atoms with van der Waals surface area (Å²) >= 11 is 1.47. The molecular formula is C23H43N5O6S. The van der Waals surface area contributed by atoms with Crippen LogP contribution in [0.3, 0.4) is 0 Å². The molecular weight excluding hydrogens is 474 g/mol. The molecule has 0 radical (unpaired) electrons. The molecule has 4 unspecified atom stereocenters. The van der Waals surface area contributed by atoms with Gasteiger partial charge in [0.05, 0.1) is 6.04 Å². The van der Waals surface area contributed by atoms with Crippen molar-refractivity contribution in [3.8, 4) is 0 Å². The Kier molecular flexibility index (Phi) is 15.3. The summed E-state index contributed by atoms with van der Waals surface area (Å²) in [5.41, 5.74) is 5.95. The Balaban J connectivity index is 5.45. The molecule has 0 aliphatic carbocycles. The van der Waals surface area contributed by atoms with E-state index in [-0.39, 0.29) is 24.2 Å². The van der Waals surface area contributed by atoms with E-state index in [1.165, 1.54) is 11.8 Å². The van der Waals surface area contributed by atoms with E-state index in [0.29, 0.717) is 12.2 Å². The predicted octanol–water partition coefficient (Wildman–Crippen LogP) is 0.0801. The lowest BCUT2D eigenvalue weighted by molar-refractivity contribution is -0.138. The van der Waals surface area contributed by atoms with Crippen molar-refractivity contribution in [2.24, 2.45) is 23.5 Å². The van der Waals surface area contributed by atoms with E-state index in [1.807, 2.05) is 20.1 Å². The Bertz CT molecular complexity index is 731. The Morgan fingerprint density at radius 2 is 1.29 bits per heavy atom. The minimum Gasteiger partial charge on any atom is -0.480 e. The van der Waals surface area contributed by atoms with Crippen molar-refractivity contribution in [3.63, 3.8) is 0 Å². The first-order chi connectivity index (χ1) is 16.2. The van der Waals surface area contributed by atoms with E-state index in [0.717, 1.165) is 0 Å². The number of nitrogens with two attached hydrogens (primary N) is 1. The number of hydrogen-bond donors (Lipinski definition) is 6. The van der Waals surface area contributed by atoms with E-state index in [4.69, 9.17) is 10.8 Å². The third-order valence-electron chi connectivity index (χ3n) is 5.21. The number of nitrogens with one attached hydrogen (secondary N) is 4. The van der Waals surface area contributed by atoms with Crippen LogP contribution >= 0.6 is 11.8 Å². The first-order valence-electron chi connectivity index (χ1n) is 11.9. The fraction of sp³-hybridized carbons (Fsp3) is 0.783. The predicted molar refractivity (Wildman–Crippen MR) is 137 cm³/mol. The lowest BCUT2D eigenvalue weighted by atomic mass is 9.98. The largest absolute Gasteiger partial charge is 0.480 e. The molecule has 11 nitrogen and oxygen atoms in total. The van der Waals surface area contributed by atoms with Crippen LogP contribution in [0.15, 0.2) is 0 Å². The van der Waals surface area contributed by atoms with Gasteiger partial charge >= 0.3 is 5.97 Å². The first kappa shape index (κ1) is 32.7. The molecule has 202 valence electrons. The number of thioether (sulfide) groups is 1. The van der Waals surface area contributed by atoms with Crippen molar-refractivity contribution in [3.05, 3.63) is 0 Å². The lowest BCUT2D eigenvalue weighted by Gasteiger charge is -2.29. The Labute approximate surface area is 212 Å². The summed E-state index contributed by atoms with van der Waals surface area (Å²) in [5, 5.41) is 19.1. The van der Waals surface area contributed by atoms with Crippen molar-refractivity contribution < 1.29 is 29.1 Å². The van der Waals surface area contributed by atoms with Gasteiger partial charge in [-0.2, -0.15) is 11.8 Å². The molecule has 0 aromatic rings. The van der Waals surface area contributed by atoms with Gasteiger partial charge in [0, 0.05) is 0 Å². The number of carboxylic acids is 1. The monoisotopic (exact) mass is 517 g/mol. The number of rotatable bonds is 16. The molecule has 0 rings (SSSR count). The van der Waals surface area contributed by atoms with Gasteiger partial charge in [0.1, 0.15) is 24.7 Å². The fourth-order valence-electron chi connectivity index (χ4n) is 3.24.